The number of hydrogen-bond donors (Lipinski definition) is 0. The Kier molecular flexibility index (Phi) is 4.30. The lowest BCUT2D eigenvalue weighted by Gasteiger charge is -2.19. The highest BCUT2D eigenvalue weighted by molar-refractivity contribution is 6.31. The fraction of sp³-hybridized carbons (Fsp3) is 0.417. The summed E-state index contributed by atoms with van der Waals surface area (Å²) in [6, 6.07) is 4.01. The number of halogens is 2. The summed E-state index contributed by atoms with van der Waals surface area (Å²) in [5, 5.41) is -0.0243. The topological polar surface area (TPSA) is 20.3 Å². The third kappa shape index (κ3) is 3.20. The van der Waals surface area contributed by atoms with Gasteiger partial charge >= 0.3 is 0 Å². The number of nitrogens with zero attached hydrogens (tertiary/aromatic N) is 1. The monoisotopic (exact) mass is 243 g/mol. The van der Waals surface area contributed by atoms with Crippen LogP contribution in [0.15, 0.2) is 18.2 Å². The fourth-order valence-corrected chi connectivity index (χ4v) is 1.66. The summed E-state index contributed by atoms with van der Waals surface area (Å²) in [4.78, 5) is 13.5. The molecule has 88 valence electrons. The summed E-state index contributed by atoms with van der Waals surface area (Å²) in [6.45, 7) is 4.72. The normalized spacial score (nSPS) is 10.6. The van der Waals surface area contributed by atoms with Crippen molar-refractivity contribution >= 4 is 17.5 Å². The highest BCUT2D eigenvalue weighted by Gasteiger charge is 2.14. The largest absolute Gasteiger partial charge is 0.341 e. The second-order valence-electron chi connectivity index (χ2n) is 4.21. The van der Waals surface area contributed by atoms with Gasteiger partial charge in [0.15, 0.2) is 0 Å². The first-order chi connectivity index (χ1) is 7.41. The van der Waals surface area contributed by atoms with E-state index in [-0.39, 0.29) is 10.9 Å². The Morgan fingerprint density at radius 2 is 2.12 bits per heavy atom. The molecule has 4 heteroatoms. The molecule has 0 fully saturated rings. The molecule has 0 unspecified atom stereocenters. The second kappa shape index (κ2) is 5.30. The second-order valence-corrected chi connectivity index (χ2v) is 4.62. The van der Waals surface area contributed by atoms with Gasteiger partial charge in [0, 0.05) is 19.2 Å². The van der Waals surface area contributed by atoms with Gasteiger partial charge in [0.25, 0.3) is 5.91 Å². The minimum absolute atomic E-state index is 0.0243. The van der Waals surface area contributed by atoms with Crippen molar-refractivity contribution in [3.05, 3.63) is 34.6 Å². The Labute approximate surface area is 100 Å². The van der Waals surface area contributed by atoms with E-state index in [1.54, 1.807) is 11.9 Å². The summed E-state index contributed by atoms with van der Waals surface area (Å²) in [6.07, 6.45) is 0. The van der Waals surface area contributed by atoms with E-state index in [0.29, 0.717) is 18.0 Å². The standard InChI is InChI=1S/C12H15ClFNO/c1-8(2)7-15(3)12(16)9-4-5-11(14)10(13)6-9/h4-6,8H,7H2,1-3H3. The number of carbonyl (C=O) groups is 1. The zero-order valence-electron chi connectivity index (χ0n) is 9.63. The maximum Gasteiger partial charge on any atom is 0.253 e. The number of rotatable bonds is 3. The number of carbonyl (C=O) groups excluding carboxylic acids is 1. The van der Waals surface area contributed by atoms with Crippen molar-refractivity contribution < 1.29 is 9.18 Å². The average molecular weight is 244 g/mol. The first-order valence-electron chi connectivity index (χ1n) is 5.12. The average Bonchev–Trinajstić information content (AvgIpc) is 2.20. The SMILES string of the molecule is CC(C)CN(C)C(=O)c1ccc(F)c(Cl)c1. The lowest BCUT2D eigenvalue weighted by atomic mass is 10.1. The molecule has 0 aliphatic heterocycles. The van der Waals surface area contributed by atoms with Gasteiger partial charge in [-0.1, -0.05) is 25.4 Å². The Hall–Kier alpha value is -1.09. The van der Waals surface area contributed by atoms with Crippen molar-refractivity contribution in [2.45, 2.75) is 13.8 Å². The molecule has 0 radical (unpaired) electrons. The van der Waals surface area contributed by atoms with Crippen LogP contribution in [-0.2, 0) is 0 Å². The highest BCUT2D eigenvalue weighted by atomic mass is 35.5. The van der Waals surface area contributed by atoms with E-state index < -0.39 is 5.82 Å². The Bertz CT molecular complexity index is 393. The first-order valence-corrected chi connectivity index (χ1v) is 5.50. The van der Waals surface area contributed by atoms with Crippen molar-refractivity contribution in [1.82, 2.24) is 4.90 Å². The van der Waals surface area contributed by atoms with Crippen LogP contribution in [0.2, 0.25) is 5.02 Å². The quantitative estimate of drug-likeness (QED) is 0.798. The summed E-state index contributed by atoms with van der Waals surface area (Å²) < 4.78 is 12.9. The molecule has 0 aliphatic carbocycles. The van der Waals surface area contributed by atoms with Gasteiger partial charge in [-0.3, -0.25) is 4.79 Å². The van der Waals surface area contributed by atoms with E-state index >= 15 is 0 Å². The van der Waals surface area contributed by atoms with E-state index in [4.69, 9.17) is 11.6 Å². The minimum Gasteiger partial charge on any atom is -0.341 e. The molecule has 1 aromatic carbocycles. The predicted octanol–water partition coefficient (Wildman–Crippen LogP) is 3.21. The van der Waals surface area contributed by atoms with E-state index in [0.717, 1.165) is 0 Å². The molecule has 0 atom stereocenters. The third-order valence-electron chi connectivity index (χ3n) is 2.15. The van der Waals surface area contributed by atoms with Crippen molar-refractivity contribution in [2.24, 2.45) is 5.92 Å². The molecule has 1 rings (SSSR count). The van der Waals surface area contributed by atoms with Crippen LogP contribution in [0.4, 0.5) is 4.39 Å². The van der Waals surface area contributed by atoms with E-state index in [9.17, 15) is 9.18 Å². The number of hydrogen-bond acceptors (Lipinski definition) is 1. The smallest absolute Gasteiger partial charge is 0.253 e. The summed E-state index contributed by atoms with van der Waals surface area (Å²) in [5.41, 5.74) is 0.412. The zero-order chi connectivity index (χ0) is 12.3. The Morgan fingerprint density at radius 1 is 1.50 bits per heavy atom. The van der Waals surface area contributed by atoms with Crippen molar-refractivity contribution in [2.75, 3.05) is 13.6 Å². The summed E-state index contributed by atoms with van der Waals surface area (Å²) in [7, 11) is 1.72. The molecular weight excluding hydrogens is 229 g/mol. The van der Waals surface area contributed by atoms with Crippen LogP contribution in [0.5, 0.6) is 0 Å². The summed E-state index contributed by atoms with van der Waals surface area (Å²) >= 11 is 5.62. The van der Waals surface area contributed by atoms with Crippen molar-refractivity contribution in [3.8, 4) is 0 Å². The third-order valence-corrected chi connectivity index (χ3v) is 2.44. The van der Waals surface area contributed by atoms with Crippen LogP contribution in [0.3, 0.4) is 0 Å². The maximum atomic E-state index is 12.9. The molecule has 0 spiro atoms. The Morgan fingerprint density at radius 3 is 2.62 bits per heavy atom. The highest BCUT2D eigenvalue weighted by Crippen LogP contribution is 2.17. The van der Waals surface area contributed by atoms with Crippen LogP contribution in [0.25, 0.3) is 0 Å². The minimum atomic E-state index is -0.510. The van der Waals surface area contributed by atoms with Gasteiger partial charge < -0.3 is 4.90 Å². The van der Waals surface area contributed by atoms with Gasteiger partial charge in [0.1, 0.15) is 5.82 Å². The molecule has 0 saturated heterocycles. The molecule has 0 saturated carbocycles. The molecule has 2 nitrogen and oxygen atoms in total. The van der Waals surface area contributed by atoms with E-state index in [2.05, 4.69) is 0 Å². The van der Waals surface area contributed by atoms with Crippen LogP contribution in [0.1, 0.15) is 24.2 Å². The molecule has 0 aliphatic rings. The van der Waals surface area contributed by atoms with E-state index in [1.165, 1.54) is 18.2 Å². The van der Waals surface area contributed by atoms with Gasteiger partial charge in [-0.15, -0.1) is 0 Å². The molecule has 0 bridgehead atoms. The lowest BCUT2D eigenvalue weighted by Crippen LogP contribution is -2.30. The molecule has 1 amide bonds. The van der Waals surface area contributed by atoms with Gasteiger partial charge in [-0.25, -0.2) is 4.39 Å². The van der Waals surface area contributed by atoms with Gasteiger partial charge in [-0.05, 0) is 24.1 Å². The number of benzene rings is 1. The molecular formula is C12H15ClFNO. The van der Waals surface area contributed by atoms with Crippen molar-refractivity contribution in [1.29, 1.82) is 0 Å². The molecule has 0 heterocycles. The van der Waals surface area contributed by atoms with Gasteiger partial charge in [0.2, 0.25) is 0 Å². The summed E-state index contributed by atoms with van der Waals surface area (Å²) in [5.74, 6) is -0.259. The molecule has 0 aromatic heterocycles. The fourth-order valence-electron chi connectivity index (χ4n) is 1.48. The van der Waals surface area contributed by atoms with Crippen LogP contribution >= 0.6 is 11.6 Å². The number of amides is 1. The predicted molar refractivity (Wildman–Crippen MR) is 63.2 cm³/mol. The first kappa shape index (κ1) is 13.0. The molecule has 1 aromatic rings. The van der Waals surface area contributed by atoms with E-state index in [1.807, 2.05) is 13.8 Å². The molecule has 0 N–H and O–H groups in total. The van der Waals surface area contributed by atoms with Crippen LogP contribution in [0, 0.1) is 11.7 Å². The maximum absolute atomic E-state index is 12.9. The lowest BCUT2D eigenvalue weighted by molar-refractivity contribution is 0.0779. The Balaban J connectivity index is 2.84. The molecule has 16 heavy (non-hydrogen) atoms. The van der Waals surface area contributed by atoms with Crippen LogP contribution < -0.4 is 0 Å². The zero-order valence-corrected chi connectivity index (χ0v) is 10.4. The van der Waals surface area contributed by atoms with Crippen LogP contribution in [-0.4, -0.2) is 24.4 Å². The van der Waals surface area contributed by atoms with Gasteiger partial charge in [-0.2, -0.15) is 0 Å². The van der Waals surface area contributed by atoms with Crippen molar-refractivity contribution in [3.63, 3.8) is 0 Å². The van der Waals surface area contributed by atoms with Gasteiger partial charge in [0.05, 0.1) is 5.02 Å².